The van der Waals surface area contributed by atoms with Crippen molar-refractivity contribution in [2.75, 3.05) is 13.1 Å². The largest absolute Gasteiger partial charge is 0.481 e. The van der Waals surface area contributed by atoms with E-state index in [-0.39, 0.29) is 17.7 Å². The second-order valence-corrected chi connectivity index (χ2v) is 8.28. The zero-order valence-corrected chi connectivity index (χ0v) is 14.7. The van der Waals surface area contributed by atoms with E-state index in [0.717, 1.165) is 37.2 Å². The predicted molar refractivity (Wildman–Crippen MR) is 94.9 cm³/mol. The van der Waals surface area contributed by atoms with Crippen LogP contribution in [0.1, 0.15) is 24.8 Å². The standard InChI is InChI=1S/C18H22N2O4S/c19-25(23,24)16-10-15(20-8-4-5-9-20)12-18(13-16,17(21)22)11-14-6-2-1-3-7-14/h1-3,6-7,10,13H,4-5,8-9,11-12H2,(H,21,22)(H2,19,23,24). The van der Waals surface area contributed by atoms with Crippen molar-refractivity contribution >= 4 is 16.0 Å². The number of hydrogen-bond acceptors (Lipinski definition) is 4. The van der Waals surface area contributed by atoms with Crippen molar-refractivity contribution in [1.29, 1.82) is 0 Å². The SMILES string of the molecule is NS(=O)(=O)C1=CC(Cc2ccccc2)(C(=O)O)CC(N2CCCC2)=C1. The van der Waals surface area contributed by atoms with Gasteiger partial charge in [-0.25, -0.2) is 13.6 Å². The van der Waals surface area contributed by atoms with Crippen molar-refractivity contribution in [2.45, 2.75) is 25.7 Å². The van der Waals surface area contributed by atoms with E-state index in [4.69, 9.17) is 5.14 Å². The average Bonchev–Trinajstić information content (AvgIpc) is 3.09. The second kappa shape index (κ2) is 6.65. The second-order valence-electron chi connectivity index (χ2n) is 6.72. The van der Waals surface area contributed by atoms with Crippen molar-refractivity contribution < 1.29 is 18.3 Å². The Balaban J connectivity index is 2.06. The summed E-state index contributed by atoms with van der Waals surface area (Å²) in [5.41, 5.74) is 0.260. The van der Waals surface area contributed by atoms with Gasteiger partial charge in [0.25, 0.3) is 0 Å². The van der Waals surface area contributed by atoms with Crippen LogP contribution in [-0.4, -0.2) is 37.5 Å². The molecule has 1 heterocycles. The minimum absolute atomic E-state index is 0.112. The molecule has 0 radical (unpaired) electrons. The minimum atomic E-state index is -3.99. The number of likely N-dealkylation sites (tertiary alicyclic amines) is 1. The number of carboxylic acid groups (broad SMARTS) is 1. The van der Waals surface area contributed by atoms with Crippen LogP contribution in [0.3, 0.4) is 0 Å². The van der Waals surface area contributed by atoms with Crippen molar-refractivity contribution in [2.24, 2.45) is 10.6 Å². The van der Waals surface area contributed by atoms with E-state index in [1.54, 1.807) is 0 Å². The normalized spacial score (nSPS) is 24.0. The molecule has 7 heteroatoms. The first-order valence-electron chi connectivity index (χ1n) is 8.29. The molecule has 0 spiro atoms. The molecule has 1 aromatic carbocycles. The Bertz CT molecular complexity index is 824. The number of nitrogens with two attached hydrogens (primary N) is 1. The van der Waals surface area contributed by atoms with E-state index in [9.17, 15) is 18.3 Å². The zero-order chi connectivity index (χ0) is 18.1. The summed E-state index contributed by atoms with van der Waals surface area (Å²) in [6, 6.07) is 9.25. The number of allylic oxidation sites excluding steroid dienone is 2. The van der Waals surface area contributed by atoms with Crippen LogP contribution >= 0.6 is 0 Å². The van der Waals surface area contributed by atoms with Gasteiger partial charge in [0.05, 0.1) is 10.3 Å². The Morgan fingerprint density at radius 1 is 1.20 bits per heavy atom. The van der Waals surface area contributed by atoms with Crippen LogP contribution in [0.15, 0.2) is 53.1 Å². The predicted octanol–water partition coefficient (Wildman–Crippen LogP) is 1.86. The molecular formula is C18H22N2O4S. The van der Waals surface area contributed by atoms with Gasteiger partial charge in [-0.1, -0.05) is 30.3 Å². The van der Waals surface area contributed by atoms with Gasteiger partial charge in [-0.2, -0.15) is 0 Å². The van der Waals surface area contributed by atoms with Crippen LogP contribution < -0.4 is 5.14 Å². The molecular weight excluding hydrogens is 340 g/mol. The number of aliphatic carboxylic acids is 1. The number of nitrogens with zero attached hydrogens (tertiary/aromatic N) is 1. The Hall–Kier alpha value is -2.12. The summed E-state index contributed by atoms with van der Waals surface area (Å²) in [7, 11) is -3.99. The highest BCUT2D eigenvalue weighted by atomic mass is 32.2. The molecule has 1 unspecified atom stereocenters. The molecule has 0 aromatic heterocycles. The number of primary sulfonamides is 1. The monoisotopic (exact) mass is 362 g/mol. The molecule has 0 bridgehead atoms. The van der Waals surface area contributed by atoms with Crippen LogP contribution in [0.2, 0.25) is 0 Å². The summed E-state index contributed by atoms with van der Waals surface area (Å²) in [5.74, 6) is -1.04. The van der Waals surface area contributed by atoms with Crippen LogP contribution in [0, 0.1) is 5.41 Å². The lowest BCUT2D eigenvalue weighted by atomic mass is 9.75. The number of hydrogen-bond donors (Lipinski definition) is 2. The summed E-state index contributed by atoms with van der Waals surface area (Å²) in [4.78, 5) is 14.1. The number of carboxylic acids is 1. The highest BCUT2D eigenvalue weighted by Gasteiger charge is 2.42. The minimum Gasteiger partial charge on any atom is -0.481 e. The van der Waals surface area contributed by atoms with Crippen molar-refractivity contribution in [3.05, 3.63) is 58.6 Å². The van der Waals surface area contributed by atoms with Crippen LogP contribution in [0.4, 0.5) is 0 Å². The topological polar surface area (TPSA) is 101 Å². The molecule has 1 saturated heterocycles. The lowest BCUT2D eigenvalue weighted by molar-refractivity contribution is -0.146. The third kappa shape index (κ3) is 3.77. The van der Waals surface area contributed by atoms with Gasteiger partial charge in [0, 0.05) is 25.2 Å². The Morgan fingerprint density at radius 3 is 2.40 bits per heavy atom. The fourth-order valence-electron chi connectivity index (χ4n) is 3.56. The third-order valence-corrected chi connectivity index (χ3v) is 5.75. The summed E-state index contributed by atoms with van der Waals surface area (Å²) >= 11 is 0. The van der Waals surface area contributed by atoms with E-state index in [1.807, 2.05) is 30.3 Å². The first kappa shape index (κ1) is 17.7. The lowest BCUT2D eigenvalue weighted by Crippen LogP contribution is -2.38. The maximum Gasteiger partial charge on any atom is 0.314 e. The molecule has 1 aliphatic carbocycles. The molecule has 1 aromatic rings. The van der Waals surface area contributed by atoms with E-state index in [1.165, 1.54) is 12.2 Å². The molecule has 3 N–H and O–H groups in total. The smallest absolute Gasteiger partial charge is 0.314 e. The van der Waals surface area contributed by atoms with Gasteiger partial charge >= 0.3 is 5.97 Å². The van der Waals surface area contributed by atoms with E-state index >= 15 is 0 Å². The van der Waals surface area contributed by atoms with Gasteiger partial charge in [0.2, 0.25) is 10.0 Å². The molecule has 6 nitrogen and oxygen atoms in total. The number of carbonyl (C=O) groups is 1. The van der Waals surface area contributed by atoms with Gasteiger partial charge in [0.1, 0.15) is 0 Å². The average molecular weight is 362 g/mol. The van der Waals surface area contributed by atoms with E-state index in [0.29, 0.717) is 0 Å². The number of rotatable bonds is 5. The van der Waals surface area contributed by atoms with E-state index in [2.05, 4.69) is 4.90 Å². The van der Waals surface area contributed by atoms with Crippen molar-refractivity contribution in [1.82, 2.24) is 4.90 Å². The molecule has 0 saturated carbocycles. The first-order chi connectivity index (χ1) is 11.8. The number of benzene rings is 1. The Kier molecular flexibility index (Phi) is 4.71. The Morgan fingerprint density at radius 2 is 1.84 bits per heavy atom. The third-order valence-electron chi connectivity index (χ3n) is 4.85. The highest BCUT2D eigenvalue weighted by molar-refractivity contribution is 7.93. The fraction of sp³-hybridized carbons (Fsp3) is 0.389. The van der Waals surface area contributed by atoms with Gasteiger partial charge in [-0.05, 0) is 37.0 Å². The molecule has 1 aliphatic heterocycles. The number of sulfonamides is 1. The maximum absolute atomic E-state index is 12.2. The Labute approximate surface area is 147 Å². The highest BCUT2D eigenvalue weighted by Crippen LogP contribution is 2.40. The molecule has 134 valence electrons. The molecule has 2 aliphatic rings. The van der Waals surface area contributed by atoms with E-state index < -0.39 is 21.4 Å². The molecule has 3 rings (SSSR count). The molecule has 25 heavy (non-hydrogen) atoms. The van der Waals surface area contributed by atoms with Gasteiger partial charge in [-0.15, -0.1) is 0 Å². The lowest BCUT2D eigenvalue weighted by Gasteiger charge is -2.35. The summed E-state index contributed by atoms with van der Waals surface area (Å²) in [6.45, 7) is 1.62. The van der Waals surface area contributed by atoms with Crippen LogP contribution in [-0.2, 0) is 21.2 Å². The molecule has 1 fully saturated rings. The zero-order valence-electron chi connectivity index (χ0n) is 13.9. The van der Waals surface area contributed by atoms with Crippen molar-refractivity contribution in [3.8, 4) is 0 Å². The summed E-state index contributed by atoms with van der Waals surface area (Å²) < 4.78 is 23.9. The maximum atomic E-state index is 12.2. The quantitative estimate of drug-likeness (QED) is 0.832. The fourth-order valence-corrected chi connectivity index (χ4v) is 4.25. The summed E-state index contributed by atoms with van der Waals surface area (Å²) in [6.07, 6.45) is 5.36. The van der Waals surface area contributed by atoms with Crippen LogP contribution in [0.25, 0.3) is 0 Å². The van der Waals surface area contributed by atoms with Gasteiger partial charge < -0.3 is 10.0 Å². The van der Waals surface area contributed by atoms with Gasteiger partial charge in [0.15, 0.2) is 0 Å². The summed E-state index contributed by atoms with van der Waals surface area (Å²) in [5, 5.41) is 15.3. The first-order valence-corrected chi connectivity index (χ1v) is 9.83. The van der Waals surface area contributed by atoms with Gasteiger partial charge in [-0.3, -0.25) is 4.79 Å². The van der Waals surface area contributed by atoms with Crippen LogP contribution in [0.5, 0.6) is 0 Å². The molecule has 1 atom stereocenters. The van der Waals surface area contributed by atoms with Crippen molar-refractivity contribution in [3.63, 3.8) is 0 Å². The molecule has 0 amide bonds.